The third-order valence-electron chi connectivity index (χ3n) is 4.67. The van der Waals surface area contributed by atoms with E-state index in [1.54, 1.807) is 4.90 Å². The standard InChI is InChI=1S/C14H22F3N3O2/c1-8(18)9-4-6-20(7-5-9)13(22)10-2-3-11(14(15,16)17)19-12(10)21/h8-11H,2-7,18H2,1H3,(H,19,21). The molecule has 2 aliphatic heterocycles. The first kappa shape index (κ1) is 17.1. The van der Waals surface area contributed by atoms with Crippen LogP contribution in [0.15, 0.2) is 0 Å². The van der Waals surface area contributed by atoms with E-state index in [1.165, 1.54) is 0 Å². The Morgan fingerprint density at radius 1 is 1.27 bits per heavy atom. The lowest BCUT2D eigenvalue weighted by atomic mass is 9.88. The van der Waals surface area contributed by atoms with E-state index in [0.29, 0.717) is 19.0 Å². The SMILES string of the molecule is CC(N)C1CCN(C(=O)C2CCC(C(F)(F)F)NC2=O)CC1. The van der Waals surface area contributed by atoms with Gasteiger partial charge in [-0.25, -0.2) is 0 Å². The number of hydrogen-bond donors (Lipinski definition) is 2. The third-order valence-corrected chi connectivity index (χ3v) is 4.67. The minimum Gasteiger partial charge on any atom is -0.344 e. The number of hydrogen-bond acceptors (Lipinski definition) is 3. The molecule has 2 aliphatic rings. The van der Waals surface area contributed by atoms with Gasteiger partial charge >= 0.3 is 6.18 Å². The highest BCUT2D eigenvalue weighted by Crippen LogP contribution is 2.30. The van der Waals surface area contributed by atoms with Crippen molar-refractivity contribution in [1.82, 2.24) is 10.2 Å². The topological polar surface area (TPSA) is 75.4 Å². The molecule has 2 fully saturated rings. The van der Waals surface area contributed by atoms with Crippen LogP contribution in [-0.4, -0.2) is 48.1 Å². The van der Waals surface area contributed by atoms with Gasteiger partial charge in [-0.3, -0.25) is 9.59 Å². The maximum absolute atomic E-state index is 12.6. The highest BCUT2D eigenvalue weighted by Gasteiger charge is 2.46. The molecule has 8 heteroatoms. The summed E-state index contributed by atoms with van der Waals surface area (Å²) in [7, 11) is 0. The van der Waals surface area contributed by atoms with Gasteiger partial charge < -0.3 is 16.0 Å². The number of piperidine rings is 2. The van der Waals surface area contributed by atoms with Crippen LogP contribution in [0, 0.1) is 11.8 Å². The Kier molecular flexibility index (Phi) is 4.99. The van der Waals surface area contributed by atoms with Crippen LogP contribution >= 0.6 is 0 Å². The van der Waals surface area contributed by atoms with Crippen LogP contribution in [0.2, 0.25) is 0 Å². The van der Waals surface area contributed by atoms with E-state index < -0.39 is 24.0 Å². The van der Waals surface area contributed by atoms with Crippen molar-refractivity contribution in [2.24, 2.45) is 17.6 Å². The van der Waals surface area contributed by atoms with Gasteiger partial charge in [-0.2, -0.15) is 13.2 Å². The van der Waals surface area contributed by atoms with Crippen molar-refractivity contribution in [3.63, 3.8) is 0 Å². The fourth-order valence-corrected chi connectivity index (χ4v) is 3.16. The van der Waals surface area contributed by atoms with E-state index in [2.05, 4.69) is 0 Å². The van der Waals surface area contributed by atoms with Crippen molar-refractivity contribution >= 4 is 11.8 Å². The number of nitrogens with zero attached hydrogens (tertiary/aromatic N) is 1. The van der Waals surface area contributed by atoms with Gasteiger partial charge in [-0.05, 0) is 38.5 Å². The number of carbonyl (C=O) groups is 2. The van der Waals surface area contributed by atoms with Crippen molar-refractivity contribution in [2.75, 3.05) is 13.1 Å². The number of halogens is 3. The van der Waals surface area contributed by atoms with Crippen molar-refractivity contribution in [2.45, 2.75) is 50.9 Å². The van der Waals surface area contributed by atoms with Crippen LogP contribution in [0.4, 0.5) is 13.2 Å². The van der Waals surface area contributed by atoms with Crippen LogP contribution in [0.3, 0.4) is 0 Å². The first-order chi connectivity index (χ1) is 10.2. The Morgan fingerprint density at radius 2 is 1.86 bits per heavy atom. The highest BCUT2D eigenvalue weighted by molar-refractivity contribution is 6.00. The molecule has 0 saturated carbocycles. The molecule has 0 bridgehead atoms. The predicted octanol–water partition coefficient (Wildman–Crippen LogP) is 1.03. The van der Waals surface area contributed by atoms with Gasteiger partial charge in [0.05, 0.1) is 0 Å². The van der Waals surface area contributed by atoms with Crippen molar-refractivity contribution in [1.29, 1.82) is 0 Å². The monoisotopic (exact) mass is 321 g/mol. The van der Waals surface area contributed by atoms with Gasteiger partial charge in [0.1, 0.15) is 12.0 Å². The minimum atomic E-state index is -4.46. The number of nitrogens with two attached hydrogens (primary N) is 1. The predicted molar refractivity (Wildman–Crippen MR) is 73.7 cm³/mol. The largest absolute Gasteiger partial charge is 0.408 e. The summed E-state index contributed by atoms with van der Waals surface area (Å²) in [6, 6.07) is -1.78. The molecule has 0 aromatic rings. The lowest BCUT2D eigenvalue weighted by Gasteiger charge is -2.37. The number of alkyl halides is 3. The van der Waals surface area contributed by atoms with E-state index in [0.717, 1.165) is 12.8 Å². The Morgan fingerprint density at radius 3 is 2.32 bits per heavy atom. The van der Waals surface area contributed by atoms with E-state index in [4.69, 9.17) is 5.73 Å². The Balaban J connectivity index is 1.90. The molecule has 0 aromatic carbocycles. The Labute approximate surface area is 127 Å². The lowest BCUT2D eigenvalue weighted by molar-refractivity contribution is -0.172. The second-order valence-corrected chi connectivity index (χ2v) is 6.25. The maximum atomic E-state index is 12.6. The molecule has 3 unspecified atom stereocenters. The molecule has 3 N–H and O–H groups in total. The Hall–Kier alpha value is -1.31. The number of nitrogens with one attached hydrogen (secondary N) is 1. The molecule has 22 heavy (non-hydrogen) atoms. The van der Waals surface area contributed by atoms with Gasteiger partial charge in [0.15, 0.2) is 0 Å². The molecule has 0 radical (unpaired) electrons. The van der Waals surface area contributed by atoms with Crippen LogP contribution in [-0.2, 0) is 9.59 Å². The van der Waals surface area contributed by atoms with E-state index in [9.17, 15) is 22.8 Å². The van der Waals surface area contributed by atoms with Gasteiger partial charge in [-0.15, -0.1) is 0 Å². The quantitative estimate of drug-likeness (QED) is 0.746. The molecule has 0 aromatic heterocycles. The molecule has 2 rings (SSSR count). The van der Waals surface area contributed by atoms with Crippen LogP contribution in [0.5, 0.6) is 0 Å². The third kappa shape index (κ3) is 3.71. The van der Waals surface area contributed by atoms with E-state index >= 15 is 0 Å². The summed E-state index contributed by atoms with van der Waals surface area (Å²) >= 11 is 0. The lowest BCUT2D eigenvalue weighted by Crippen LogP contribution is -2.55. The summed E-state index contributed by atoms with van der Waals surface area (Å²) in [5, 5.41) is 1.92. The first-order valence-corrected chi connectivity index (χ1v) is 7.61. The van der Waals surface area contributed by atoms with Crippen molar-refractivity contribution in [3.05, 3.63) is 0 Å². The molecule has 3 atom stereocenters. The molecular weight excluding hydrogens is 299 g/mol. The van der Waals surface area contributed by atoms with E-state index in [-0.39, 0.29) is 24.8 Å². The highest BCUT2D eigenvalue weighted by atomic mass is 19.4. The van der Waals surface area contributed by atoms with Crippen LogP contribution in [0.1, 0.15) is 32.6 Å². The van der Waals surface area contributed by atoms with Crippen LogP contribution in [0.25, 0.3) is 0 Å². The van der Waals surface area contributed by atoms with Gasteiger partial charge in [-0.1, -0.05) is 0 Å². The molecule has 2 amide bonds. The van der Waals surface area contributed by atoms with Crippen molar-refractivity contribution < 1.29 is 22.8 Å². The summed E-state index contributed by atoms with van der Waals surface area (Å²) in [4.78, 5) is 25.8. The van der Waals surface area contributed by atoms with Gasteiger partial charge in [0.2, 0.25) is 11.8 Å². The molecule has 0 spiro atoms. The summed E-state index contributed by atoms with van der Waals surface area (Å²) in [5.74, 6) is -1.82. The maximum Gasteiger partial charge on any atom is 0.408 e. The summed E-state index contributed by atoms with van der Waals surface area (Å²) in [5.41, 5.74) is 5.84. The number of likely N-dealkylation sites (tertiary alicyclic amines) is 1. The summed E-state index contributed by atoms with van der Waals surface area (Å²) < 4.78 is 37.8. The summed E-state index contributed by atoms with van der Waals surface area (Å²) in [6.07, 6.45) is -3.23. The first-order valence-electron chi connectivity index (χ1n) is 7.61. The molecule has 0 aliphatic carbocycles. The zero-order chi connectivity index (χ0) is 16.5. The smallest absolute Gasteiger partial charge is 0.344 e. The zero-order valence-corrected chi connectivity index (χ0v) is 12.5. The van der Waals surface area contributed by atoms with Crippen LogP contribution < -0.4 is 11.1 Å². The zero-order valence-electron chi connectivity index (χ0n) is 12.5. The molecule has 5 nitrogen and oxygen atoms in total. The second-order valence-electron chi connectivity index (χ2n) is 6.25. The van der Waals surface area contributed by atoms with E-state index in [1.807, 2.05) is 12.2 Å². The second kappa shape index (κ2) is 6.44. The van der Waals surface area contributed by atoms with Gasteiger partial charge in [0, 0.05) is 19.1 Å². The fraction of sp³-hybridized carbons (Fsp3) is 0.857. The molecular formula is C14H22F3N3O2. The number of rotatable bonds is 2. The molecule has 126 valence electrons. The number of carbonyl (C=O) groups excluding carboxylic acids is 2. The fourth-order valence-electron chi connectivity index (χ4n) is 3.16. The molecule has 2 heterocycles. The normalized spacial score (nSPS) is 29.1. The molecule has 2 saturated heterocycles. The average molecular weight is 321 g/mol. The van der Waals surface area contributed by atoms with Gasteiger partial charge in [0.25, 0.3) is 0 Å². The van der Waals surface area contributed by atoms with Crippen molar-refractivity contribution in [3.8, 4) is 0 Å². The average Bonchev–Trinajstić information content (AvgIpc) is 2.45. The minimum absolute atomic E-state index is 0.0535. The summed E-state index contributed by atoms with van der Waals surface area (Å²) in [6.45, 7) is 2.95. The number of amides is 2. The Bertz CT molecular complexity index is 432.